The van der Waals surface area contributed by atoms with Gasteiger partial charge in [0.2, 0.25) is 0 Å². The molecule has 0 bridgehead atoms. The van der Waals surface area contributed by atoms with Crippen molar-refractivity contribution in [2.24, 2.45) is 5.92 Å². The van der Waals surface area contributed by atoms with Gasteiger partial charge in [0.15, 0.2) is 0 Å². The fourth-order valence-electron chi connectivity index (χ4n) is 2.02. The number of aliphatic hydroxyl groups excluding tert-OH is 1. The summed E-state index contributed by atoms with van der Waals surface area (Å²) >= 11 is 0. The van der Waals surface area contributed by atoms with Gasteiger partial charge in [-0.1, -0.05) is 13.8 Å². The molecule has 0 aromatic heterocycles. The molecule has 5 nitrogen and oxygen atoms in total. The number of nitrogens with one attached hydrogen (secondary N) is 1. The van der Waals surface area contributed by atoms with Crippen LogP contribution in [-0.4, -0.2) is 61.8 Å². The Balaban J connectivity index is 2.04. The molecule has 0 spiro atoms. The molecule has 1 aliphatic rings. The largest absolute Gasteiger partial charge is 0.389 e. The van der Waals surface area contributed by atoms with E-state index in [0.29, 0.717) is 19.1 Å². The number of morpholine rings is 1. The maximum absolute atomic E-state index is 9.82. The molecule has 0 aromatic rings. The normalized spacial score (nSPS) is 21.2. The molecular weight excluding hydrogens is 232 g/mol. The molecule has 0 saturated carbocycles. The lowest BCUT2D eigenvalue weighted by molar-refractivity contribution is -0.0283. The molecule has 1 saturated heterocycles. The molecule has 1 heterocycles. The van der Waals surface area contributed by atoms with Gasteiger partial charge in [-0.2, -0.15) is 0 Å². The molecule has 0 aliphatic carbocycles. The number of hydrogen-bond donors (Lipinski definition) is 2. The lowest BCUT2D eigenvalue weighted by atomic mass is 10.1. The molecule has 0 aromatic carbocycles. The van der Waals surface area contributed by atoms with Gasteiger partial charge in [0.25, 0.3) is 0 Å². The molecule has 1 rings (SSSR count). The Morgan fingerprint density at radius 3 is 2.56 bits per heavy atom. The van der Waals surface area contributed by atoms with E-state index in [0.717, 1.165) is 32.7 Å². The fraction of sp³-hybridized carbons (Fsp3) is 1.00. The third-order valence-corrected chi connectivity index (χ3v) is 2.94. The van der Waals surface area contributed by atoms with E-state index in [2.05, 4.69) is 31.2 Å². The van der Waals surface area contributed by atoms with E-state index in [1.54, 1.807) is 0 Å². The number of rotatable bonds is 8. The molecule has 2 unspecified atom stereocenters. The summed E-state index contributed by atoms with van der Waals surface area (Å²) in [5, 5.41) is 11.9. The average Bonchev–Trinajstić information content (AvgIpc) is 2.34. The highest BCUT2D eigenvalue weighted by Gasteiger charge is 2.13. The van der Waals surface area contributed by atoms with Crippen molar-refractivity contribution in [3.05, 3.63) is 0 Å². The van der Waals surface area contributed by atoms with Gasteiger partial charge in [0.1, 0.15) is 0 Å². The van der Waals surface area contributed by atoms with Gasteiger partial charge in [-0.3, -0.25) is 5.43 Å². The number of ether oxygens (including phenoxy) is 2. The Morgan fingerprint density at radius 2 is 1.94 bits per heavy atom. The highest BCUT2D eigenvalue weighted by molar-refractivity contribution is 4.63. The first-order valence-electron chi connectivity index (χ1n) is 6.93. The molecule has 5 heteroatoms. The van der Waals surface area contributed by atoms with Crippen molar-refractivity contribution in [3.8, 4) is 0 Å². The predicted octanol–water partition coefficient (Wildman–Crippen LogP) is 0.635. The van der Waals surface area contributed by atoms with Gasteiger partial charge < -0.3 is 14.6 Å². The van der Waals surface area contributed by atoms with Crippen molar-refractivity contribution in [1.29, 1.82) is 0 Å². The number of aliphatic hydroxyl groups is 1. The van der Waals surface area contributed by atoms with Gasteiger partial charge in [0, 0.05) is 19.6 Å². The van der Waals surface area contributed by atoms with Crippen LogP contribution < -0.4 is 5.43 Å². The van der Waals surface area contributed by atoms with Crippen LogP contribution in [0.25, 0.3) is 0 Å². The Kier molecular flexibility index (Phi) is 7.77. The van der Waals surface area contributed by atoms with Gasteiger partial charge in [-0.25, -0.2) is 5.01 Å². The summed E-state index contributed by atoms with van der Waals surface area (Å²) < 4.78 is 10.9. The maximum atomic E-state index is 9.82. The molecule has 1 fully saturated rings. The lowest BCUT2D eigenvalue weighted by Gasteiger charge is -2.28. The van der Waals surface area contributed by atoms with E-state index in [1.807, 2.05) is 0 Å². The maximum Gasteiger partial charge on any atom is 0.0911 e. The van der Waals surface area contributed by atoms with Crippen molar-refractivity contribution in [2.75, 3.05) is 39.5 Å². The topological polar surface area (TPSA) is 54.0 Å². The number of hydrogen-bond acceptors (Lipinski definition) is 5. The first-order valence-corrected chi connectivity index (χ1v) is 6.93. The van der Waals surface area contributed by atoms with Crippen LogP contribution in [-0.2, 0) is 9.47 Å². The summed E-state index contributed by atoms with van der Waals surface area (Å²) in [6.45, 7) is 10.6. The highest BCUT2D eigenvalue weighted by Crippen LogP contribution is 2.07. The predicted molar refractivity (Wildman–Crippen MR) is 71.3 cm³/mol. The zero-order chi connectivity index (χ0) is 13.4. The number of nitrogens with zero attached hydrogens (tertiary/aromatic N) is 1. The zero-order valence-electron chi connectivity index (χ0n) is 11.9. The SMILES string of the molecule is CC(C)CC(C)OCC(O)CNN1CCOCC1. The Labute approximate surface area is 110 Å². The first-order chi connectivity index (χ1) is 8.58. The van der Waals surface area contributed by atoms with Crippen LogP contribution in [0.1, 0.15) is 27.2 Å². The highest BCUT2D eigenvalue weighted by atomic mass is 16.5. The van der Waals surface area contributed by atoms with E-state index in [4.69, 9.17) is 9.47 Å². The van der Waals surface area contributed by atoms with Crippen LogP contribution in [0.3, 0.4) is 0 Å². The first kappa shape index (κ1) is 15.9. The molecule has 2 atom stereocenters. The Morgan fingerprint density at radius 1 is 1.28 bits per heavy atom. The second-order valence-corrected chi connectivity index (χ2v) is 5.39. The fourth-order valence-corrected chi connectivity index (χ4v) is 2.02. The van der Waals surface area contributed by atoms with Crippen LogP contribution in [0.15, 0.2) is 0 Å². The number of hydrazine groups is 1. The molecular formula is C13H28N2O3. The summed E-state index contributed by atoms with van der Waals surface area (Å²) in [6.07, 6.45) is 0.786. The third kappa shape index (κ3) is 7.28. The van der Waals surface area contributed by atoms with E-state index >= 15 is 0 Å². The summed E-state index contributed by atoms with van der Waals surface area (Å²) in [6, 6.07) is 0. The second-order valence-electron chi connectivity index (χ2n) is 5.39. The Bertz CT molecular complexity index is 208. The molecule has 2 N–H and O–H groups in total. The lowest BCUT2D eigenvalue weighted by Crippen LogP contribution is -2.48. The Hall–Kier alpha value is -0.200. The van der Waals surface area contributed by atoms with Gasteiger partial charge >= 0.3 is 0 Å². The standard InChI is InChI=1S/C13H28N2O3/c1-11(2)8-12(3)18-10-13(16)9-14-15-4-6-17-7-5-15/h11-14,16H,4-10H2,1-3H3. The minimum Gasteiger partial charge on any atom is -0.389 e. The van der Waals surface area contributed by atoms with Crippen molar-refractivity contribution in [2.45, 2.75) is 39.4 Å². The molecule has 0 amide bonds. The minimum absolute atomic E-state index is 0.211. The summed E-state index contributed by atoms with van der Waals surface area (Å²) in [5.74, 6) is 0.628. The smallest absolute Gasteiger partial charge is 0.0911 e. The second kappa shape index (κ2) is 8.82. The van der Waals surface area contributed by atoms with Crippen LogP contribution in [0.5, 0.6) is 0 Å². The van der Waals surface area contributed by atoms with E-state index < -0.39 is 6.10 Å². The molecule has 0 radical (unpaired) electrons. The summed E-state index contributed by atoms with van der Waals surface area (Å²) in [7, 11) is 0. The molecule has 108 valence electrons. The summed E-state index contributed by atoms with van der Waals surface area (Å²) in [4.78, 5) is 0. The zero-order valence-corrected chi connectivity index (χ0v) is 11.9. The third-order valence-electron chi connectivity index (χ3n) is 2.94. The van der Waals surface area contributed by atoms with Crippen molar-refractivity contribution < 1.29 is 14.6 Å². The monoisotopic (exact) mass is 260 g/mol. The van der Waals surface area contributed by atoms with E-state index in [1.165, 1.54) is 0 Å². The average molecular weight is 260 g/mol. The van der Waals surface area contributed by atoms with E-state index in [-0.39, 0.29) is 6.10 Å². The van der Waals surface area contributed by atoms with Crippen LogP contribution in [0.4, 0.5) is 0 Å². The summed E-state index contributed by atoms with van der Waals surface area (Å²) in [5.41, 5.74) is 3.21. The van der Waals surface area contributed by atoms with Gasteiger partial charge in [0.05, 0.1) is 32.0 Å². The quantitative estimate of drug-likeness (QED) is 0.670. The minimum atomic E-state index is -0.456. The van der Waals surface area contributed by atoms with Crippen LogP contribution >= 0.6 is 0 Å². The van der Waals surface area contributed by atoms with Crippen LogP contribution in [0.2, 0.25) is 0 Å². The molecule has 1 aliphatic heterocycles. The van der Waals surface area contributed by atoms with Crippen molar-refractivity contribution in [1.82, 2.24) is 10.4 Å². The van der Waals surface area contributed by atoms with Crippen molar-refractivity contribution in [3.63, 3.8) is 0 Å². The van der Waals surface area contributed by atoms with Crippen molar-refractivity contribution >= 4 is 0 Å². The van der Waals surface area contributed by atoms with Crippen LogP contribution in [0, 0.1) is 5.92 Å². The molecule has 18 heavy (non-hydrogen) atoms. The van der Waals surface area contributed by atoms with E-state index in [9.17, 15) is 5.11 Å². The van der Waals surface area contributed by atoms with Gasteiger partial charge in [-0.15, -0.1) is 0 Å². The van der Waals surface area contributed by atoms with Gasteiger partial charge in [-0.05, 0) is 19.3 Å².